The highest BCUT2D eigenvalue weighted by Crippen LogP contribution is 2.17. The summed E-state index contributed by atoms with van der Waals surface area (Å²) in [5.41, 5.74) is 6.74. The van der Waals surface area contributed by atoms with Crippen molar-refractivity contribution in [1.29, 1.82) is 0 Å². The molecule has 18 heavy (non-hydrogen) atoms. The fourth-order valence-electron chi connectivity index (χ4n) is 1.41. The molecule has 0 atom stereocenters. The molecule has 0 unspecified atom stereocenters. The molecule has 0 saturated heterocycles. The Morgan fingerprint density at radius 1 is 1.22 bits per heavy atom. The van der Waals surface area contributed by atoms with E-state index in [0.717, 1.165) is 5.56 Å². The van der Waals surface area contributed by atoms with E-state index in [-0.39, 0.29) is 10.8 Å². The first kappa shape index (κ1) is 12.2. The van der Waals surface area contributed by atoms with Gasteiger partial charge >= 0.3 is 0 Å². The van der Waals surface area contributed by atoms with Crippen LogP contribution in [0.1, 0.15) is 5.56 Å². The summed E-state index contributed by atoms with van der Waals surface area (Å²) in [6, 6.07) is 4.56. The number of hydrogen-bond donors (Lipinski definition) is 2. The average molecular weight is 265 g/mol. The largest absolute Gasteiger partial charge is 0.399 e. The summed E-state index contributed by atoms with van der Waals surface area (Å²) in [5.74, 6) is -0.0856. The van der Waals surface area contributed by atoms with Crippen molar-refractivity contribution in [2.45, 2.75) is 11.8 Å². The fourth-order valence-corrected chi connectivity index (χ4v) is 2.49. The van der Waals surface area contributed by atoms with E-state index in [0.29, 0.717) is 5.69 Å². The highest BCUT2D eigenvalue weighted by atomic mass is 32.2. The Hall–Kier alpha value is -2.22. The number of aromatic nitrogens is 3. The maximum absolute atomic E-state index is 12.0. The zero-order valence-electron chi connectivity index (χ0n) is 9.53. The van der Waals surface area contributed by atoms with Gasteiger partial charge in [0.2, 0.25) is 0 Å². The molecular formula is C10H11N5O2S. The van der Waals surface area contributed by atoms with Crippen LogP contribution in [0.3, 0.4) is 0 Å². The third-order valence-corrected chi connectivity index (χ3v) is 3.40. The highest BCUT2D eigenvalue weighted by molar-refractivity contribution is 7.92. The zero-order chi connectivity index (χ0) is 13.2. The zero-order valence-corrected chi connectivity index (χ0v) is 10.3. The van der Waals surface area contributed by atoms with Crippen molar-refractivity contribution in [3.05, 3.63) is 36.2 Å². The summed E-state index contributed by atoms with van der Waals surface area (Å²) < 4.78 is 26.3. The molecule has 1 aromatic carbocycles. The molecule has 0 aliphatic heterocycles. The molecular weight excluding hydrogens is 254 g/mol. The van der Waals surface area contributed by atoms with Crippen LogP contribution in [0.5, 0.6) is 0 Å². The van der Waals surface area contributed by atoms with E-state index in [2.05, 4.69) is 19.9 Å². The van der Waals surface area contributed by atoms with Crippen LogP contribution in [0.2, 0.25) is 0 Å². The van der Waals surface area contributed by atoms with Crippen LogP contribution in [0.4, 0.5) is 11.6 Å². The molecule has 8 heteroatoms. The molecule has 3 N–H and O–H groups in total. The lowest BCUT2D eigenvalue weighted by molar-refractivity contribution is 0.600. The van der Waals surface area contributed by atoms with Gasteiger partial charge in [-0.15, -0.1) is 5.10 Å². The number of rotatable bonds is 3. The Morgan fingerprint density at radius 2 is 2.00 bits per heavy atom. The fraction of sp³-hybridized carbons (Fsp3) is 0.100. The Labute approximate surface area is 104 Å². The SMILES string of the molecule is Cc1cc(N)cc(S(=O)(=O)Nc2nccnn2)c1. The number of hydrogen-bond acceptors (Lipinski definition) is 6. The molecule has 94 valence electrons. The van der Waals surface area contributed by atoms with E-state index in [9.17, 15) is 8.42 Å². The van der Waals surface area contributed by atoms with Crippen LogP contribution in [0.25, 0.3) is 0 Å². The van der Waals surface area contributed by atoms with Crippen molar-refractivity contribution >= 4 is 21.7 Å². The van der Waals surface area contributed by atoms with Gasteiger partial charge in [-0.2, -0.15) is 5.10 Å². The van der Waals surface area contributed by atoms with Gasteiger partial charge in [0.25, 0.3) is 16.0 Å². The topological polar surface area (TPSA) is 111 Å². The van der Waals surface area contributed by atoms with Gasteiger partial charge in [0, 0.05) is 5.69 Å². The number of nitrogens with zero attached hydrogens (tertiary/aromatic N) is 3. The van der Waals surface area contributed by atoms with E-state index in [1.165, 1.54) is 24.5 Å². The molecule has 0 spiro atoms. The molecule has 1 aromatic heterocycles. The second-order valence-electron chi connectivity index (χ2n) is 3.65. The molecule has 0 bridgehead atoms. The van der Waals surface area contributed by atoms with Gasteiger partial charge in [0.05, 0.1) is 17.3 Å². The minimum absolute atomic E-state index is 0.0625. The van der Waals surface area contributed by atoms with Crippen molar-refractivity contribution in [2.24, 2.45) is 0 Å². The van der Waals surface area contributed by atoms with Crippen LogP contribution >= 0.6 is 0 Å². The monoisotopic (exact) mass is 265 g/mol. The number of nitrogens with one attached hydrogen (secondary N) is 1. The minimum Gasteiger partial charge on any atom is -0.399 e. The first-order valence-corrected chi connectivity index (χ1v) is 6.49. The van der Waals surface area contributed by atoms with Crippen molar-refractivity contribution in [3.8, 4) is 0 Å². The molecule has 0 saturated carbocycles. The number of nitrogen functional groups attached to an aromatic ring is 1. The number of nitrogens with two attached hydrogens (primary N) is 1. The molecule has 7 nitrogen and oxygen atoms in total. The normalized spacial score (nSPS) is 11.2. The van der Waals surface area contributed by atoms with Crippen molar-refractivity contribution in [2.75, 3.05) is 10.5 Å². The second kappa shape index (κ2) is 4.57. The molecule has 2 aromatic rings. The van der Waals surface area contributed by atoms with Crippen LogP contribution in [0, 0.1) is 6.92 Å². The molecule has 0 fully saturated rings. The van der Waals surface area contributed by atoms with Crippen molar-refractivity contribution < 1.29 is 8.42 Å². The summed E-state index contributed by atoms with van der Waals surface area (Å²) in [4.78, 5) is 3.80. The van der Waals surface area contributed by atoms with E-state index < -0.39 is 10.0 Å². The predicted molar refractivity (Wildman–Crippen MR) is 66.2 cm³/mol. The maximum Gasteiger partial charge on any atom is 0.264 e. The summed E-state index contributed by atoms with van der Waals surface area (Å²) >= 11 is 0. The van der Waals surface area contributed by atoms with Gasteiger partial charge in [-0.05, 0) is 30.7 Å². The van der Waals surface area contributed by atoms with E-state index in [4.69, 9.17) is 5.73 Å². The van der Waals surface area contributed by atoms with Crippen LogP contribution < -0.4 is 10.5 Å². The van der Waals surface area contributed by atoms with Gasteiger partial charge in [-0.3, -0.25) is 0 Å². The molecule has 2 rings (SSSR count). The lowest BCUT2D eigenvalue weighted by Gasteiger charge is -2.07. The lowest BCUT2D eigenvalue weighted by Crippen LogP contribution is -2.15. The average Bonchev–Trinajstić information content (AvgIpc) is 2.28. The Balaban J connectivity index is 2.37. The van der Waals surface area contributed by atoms with Crippen LogP contribution in [-0.4, -0.2) is 23.6 Å². The maximum atomic E-state index is 12.0. The van der Waals surface area contributed by atoms with E-state index >= 15 is 0 Å². The quantitative estimate of drug-likeness (QED) is 0.784. The molecule has 0 aliphatic carbocycles. The molecule has 0 amide bonds. The number of benzene rings is 1. The Morgan fingerprint density at radius 3 is 2.61 bits per heavy atom. The number of anilines is 2. The highest BCUT2D eigenvalue weighted by Gasteiger charge is 2.16. The molecule has 1 heterocycles. The van der Waals surface area contributed by atoms with Gasteiger partial charge in [0.1, 0.15) is 0 Å². The second-order valence-corrected chi connectivity index (χ2v) is 5.33. The standard InChI is InChI=1S/C10H11N5O2S/c1-7-4-8(11)6-9(5-7)18(16,17)15-10-12-2-3-13-14-10/h2-6H,11H2,1H3,(H,12,14,15). The van der Waals surface area contributed by atoms with Gasteiger partial charge < -0.3 is 5.73 Å². The van der Waals surface area contributed by atoms with Crippen LogP contribution in [-0.2, 0) is 10.0 Å². The van der Waals surface area contributed by atoms with Gasteiger partial charge in [-0.1, -0.05) is 0 Å². The lowest BCUT2D eigenvalue weighted by atomic mass is 10.2. The Kier molecular flexibility index (Phi) is 3.11. The first-order chi connectivity index (χ1) is 8.47. The van der Waals surface area contributed by atoms with E-state index in [1.807, 2.05) is 0 Å². The summed E-state index contributed by atoms with van der Waals surface area (Å²) in [5, 5.41) is 7.09. The predicted octanol–water partition coefficient (Wildman–Crippen LogP) is 0.563. The van der Waals surface area contributed by atoms with E-state index in [1.54, 1.807) is 13.0 Å². The van der Waals surface area contributed by atoms with Crippen LogP contribution in [0.15, 0.2) is 35.5 Å². The summed E-state index contributed by atoms with van der Waals surface area (Å²) in [6.07, 6.45) is 2.69. The third kappa shape index (κ3) is 2.72. The number of sulfonamides is 1. The number of aryl methyl sites for hydroxylation is 1. The first-order valence-electron chi connectivity index (χ1n) is 5.01. The summed E-state index contributed by atoms with van der Waals surface area (Å²) in [6.45, 7) is 1.76. The van der Waals surface area contributed by atoms with Crippen molar-refractivity contribution in [1.82, 2.24) is 15.2 Å². The van der Waals surface area contributed by atoms with Gasteiger partial charge in [-0.25, -0.2) is 18.1 Å². The Bertz CT molecular complexity index is 637. The third-order valence-electron chi connectivity index (χ3n) is 2.09. The molecule has 0 radical (unpaired) electrons. The van der Waals surface area contributed by atoms with Crippen molar-refractivity contribution in [3.63, 3.8) is 0 Å². The minimum atomic E-state index is -3.75. The smallest absolute Gasteiger partial charge is 0.264 e. The molecule has 0 aliphatic rings. The van der Waals surface area contributed by atoms with Gasteiger partial charge in [0.15, 0.2) is 0 Å². The summed E-state index contributed by atoms with van der Waals surface area (Å²) in [7, 11) is -3.75.